The molecule has 1 N–H and O–H groups in total. The first-order valence-electron chi connectivity index (χ1n) is 8.13. The van der Waals surface area contributed by atoms with Crippen LogP contribution in [0.5, 0.6) is 5.75 Å². The molecule has 1 saturated carbocycles. The highest BCUT2D eigenvalue weighted by Gasteiger charge is 2.34. The molecule has 1 aromatic carbocycles. The first kappa shape index (κ1) is 15.4. The zero-order valence-electron chi connectivity index (χ0n) is 13.0. The van der Waals surface area contributed by atoms with Crippen LogP contribution in [0, 0.1) is 5.41 Å². The van der Waals surface area contributed by atoms with Crippen LogP contribution in [0.3, 0.4) is 0 Å². The van der Waals surface area contributed by atoms with E-state index in [4.69, 9.17) is 4.74 Å². The van der Waals surface area contributed by atoms with Crippen LogP contribution in [-0.2, 0) is 0 Å². The Morgan fingerprint density at radius 2 is 2.10 bits per heavy atom. The Kier molecular flexibility index (Phi) is 5.90. The van der Waals surface area contributed by atoms with Gasteiger partial charge in [-0.1, -0.05) is 32.0 Å². The zero-order valence-corrected chi connectivity index (χ0v) is 13.0. The molecule has 2 nitrogen and oxygen atoms in total. The molecule has 1 fully saturated rings. The molecule has 0 spiro atoms. The van der Waals surface area contributed by atoms with Crippen LogP contribution < -0.4 is 10.1 Å². The van der Waals surface area contributed by atoms with Crippen molar-refractivity contribution in [3.05, 3.63) is 30.3 Å². The average Bonchev–Trinajstić information content (AvgIpc) is 2.85. The summed E-state index contributed by atoms with van der Waals surface area (Å²) in [4.78, 5) is 0. The van der Waals surface area contributed by atoms with Gasteiger partial charge in [0.15, 0.2) is 0 Å². The van der Waals surface area contributed by atoms with Gasteiger partial charge < -0.3 is 10.1 Å². The van der Waals surface area contributed by atoms with Gasteiger partial charge in [-0.2, -0.15) is 0 Å². The molecule has 0 aromatic heterocycles. The lowest BCUT2D eigenvalue weighted by atomic mass is 9.84. The van der Waals surface area contributed by atoms with Gasteiger partial charge >= 0.3 is 0 Å². The third kappa shape index (κ3) is 4.82. The first-order chi connectivity index (χ1) is 9.72. The van der Waals surface area contributed by atoms with Crippen LogP contribution in [0.4, 0.5) is 0 Å². The highest BCUT2D eigenvalue weighted by atomic mass is 16.5. The fraction of sp³-hybridized carbons (Fsp3) is 0.667. The lowest BCUT2D eigenvalue weighted by Gasteiger charge is -2.24. The van der Waals surface area contributed by atoms with E-state index >= 15 is 0 Å². The summed E-state index contributed by atoms with van der Waals surface area (Å²) in [5, 5.41) is 3.67. The van der Waals surface area contributed by atoms with Crippen molar-refractivity contribution in [1.29, 1.82) is 0 Å². The van der Waals surface area contributed by atoms with Crippen molar-refractivity contribution in [2.75, 3.05) is 13.2 Å². The van der Waals surface area contributed by atoms with Gasteiger partial charge in [0.1, 0.15) is 5.75 Å². The number of ether oxygens (including phenoxy) is 1. The van der Waals surface area contributed by atoms with Gasteiger partial charge in [-0.05, 0) is 62.6 Å². The van der Waals surface area contributed by atoms with Gasteiger partial charge in [-0.25, -0.2) is 0 Å². The number of nitrogens with one attached hydrogen (secondary N) is 1. The van der Waals surface area contributed by atoms with Gasteiger partial charge in [0.2, 0.25) is 0 Å². The molecule has 0 amide bonds. The predicted octanol–water partition coefficient (Wildman–Crippen LogP) is 4.40. The molecule has 0 heterocycles. The van der Waals surface area contributed by atoms with Crippen LogP contribution in [0.1, 0.15) is 52.4 Å². The average molecular weight is 275 g/mol. The monoisotopic (exact) mass is 275 g/mol. The Hall–Kier alpha value is -1.02. The van der Waals surface area contributed by atoms with E-state index in [9.17, 15) is 0 Å². The predicted molar refractivity (Wildman–Crippen MR) is 85.2 cm³/mol. The summed E-state index contributed by atoms with van der Waals surface area (Å²) in [7, 11) is 0. The second-order valence-electron chi connectivity index (χ2n) is 6.47. The Morgan fingerprint density at radius 3 is 2.85 bits per heavy atom. The van der Waals surface area contributed by atoms with Crippen molar-refractivity contribution in [1.82, 2.24) is 5.32 Å². The highest BCUT2D eigenvalue weighted by molar-refractivity contribution is 5.20. The molecule has 0 saturated heterocycles. The van der Waals surface area contributed by atoms with Crippen molar-refractivity contribution >= 4 is 0 Å². The lowest BCUT2D eigenvalue weighted by molar-refractivity contribution is 0.241. The van der Waals surface area contributed by atoms with Gasteiger partial charge in [0.25, 0.3) is 0 Å². The third-order valence-electron chi connectivity index (χ3n) is 4.46. The molecular weight excluding hydrogens is 246 g/mol. The number of hydrogen-bond donors (Lipinski definition) is 1. The van der Waals surface area contributed by atoms with Crippen molar-refractivity contribution in [2.45, 2.75) is 58.4 Å². The molecule has 112 valence electrons. The Labute approximate surface area is 123 Å². The second-order valence-corrected chi connectivity index (χ2v) is 6.47. The molecule has 0 bridgehead atoms. The number of para-hydroxylation sites is 1. The van der Waals surface area contributed by atoms with E-state index in [1.54, 1.807) is 0 Å². The normalized spacial score (nSPS) is 25.8. The molecule has 2 rings (SSSR count). The van der Waals surface area contributed by atoms with E-state index in [-0.39, 0.29) is 0 Å². The first-order valence-corrected chi connectivity index (χ1v) is 8.13. The van der Waals surface area contributed by atoms with Crippen molar-refractivity contribution in [2.24, 2.45) is 5.41 Å². The lowest BCUT2D eigenvalue weighted by Crippen LogP contribution is -2.28. The van der Waals surface area contributed by atoms with Crippen LogP contribution >= 0.6 is 0 Å². The molecule has 2 atom stereocenters. The van der Waals surface area contributed by atoms with Gasteiger partial charge in [-0.3, -0.25) is 0 Å². The summed E-state index contributed by atoms with van der Waals surface area (Å²) in [6.07, 6.45) is 7.71. The maximum Gasteiger partial charge on any atom is 0.119 e. The quantitative estimate of drug-likeness (QED) is 0.710. The summed E-state index contributed by atoms with van der Waals surface area (Å²) in [6.45, 7) is 6.69. The summed E-state index contributed by atoms with van der Waals surface area (Å²) in [5.74, 6) is 0.992. The molecule has 0 aliphatic heterocycles. The third-order valence-corrected chi connectivity index (χ3v) is 4.46. The minimum atomic E-state index is 0.519. The topological polar surface area (TPSA) is 21.3 Å². The van der Waals surface area contributed by atoms with Crippen LogP contribution in [-0.4, -0.2) is 19.2 Å². The summed E-state index contributed by atoms with van der Waals surface area (Å²) < 4.78 is 5.79. The largest absolute Gasteiger partial charge is 0.494 e. The van der Waals surface area contributed by atoms with E-state index in [1.165, 1.54) is 32.1 Å². The Balaban J connectivity index is 1.64. The maximum atomic E-state index is 5.79. The maximum absolute atomic E-state index is 5.79. The van der Waals surface area contributed by atoms with E-state index in [2.05, 4.69) is 19.2 Å². The Morgan fingerprint density at radius 1 is 1.30 bits per heavy atom. The van der Waals surface area contributed by atoms with Gasteiger partial charge in [0.05, 0.1) is 6.61 Å². The molecule has 20 heavy (non-hydrogen) atoms. The molecule has 1 aliphatic carbocycles. The minimum absolute atomic E-state index is 0.519. The van der Waals surface area contributed by atoms with Gasteiger partial charge in [0, 0.05) is 6.04 Å². The fourth-order valence-corrected chi connectivity index (χ4v) is 3.28. The standard InChI is InChI=1S/C18H29NO/c1-3-13-19-16-10-12-18(2,15-16)11-7-14-20-17-8-5-4-6-9-17/h4-6,8-9,16,19H,3,7,10-15H2,1-2H3. The number of rotatable bonds is 8. The SMILES string of the molecule is CCCNC1CCC(C)(CCCOc2ccccc2)C1. The molecule has 2 unspecified atom stereocenters. The van der Waals surface area contributed by atoms with Crippen molar-refractivity contribution in [3.8, 4) is 5.75 Å². The molecule has 2 heteroatoms. The zero-order chi connectivity index (χ0) is 14.3. The van der Waals surface area contributed by atoms with Crippen molar-refractivity contribution in [3.63, 3.8) is 0 Å². The van der Waals surface area contributed by atoms with Crippen LogP contribution in [0.2, 0.25) is 0 Å². The van der Waals surface area contributed by atoms with E-state index < -0.39 is 0 Å². The number of benzene rings is 1. The number of hydrogen-bond acceptors (Lipinski definition) is 2. The summed E-state index contributed by atoms with van der Waals surface area (Å²) in [5.41, 5.74) is 0.519. The molecular formula is C18H29NO. The summed E-state index contributed by atoms with van der Waals surface area (Å²) in [6, 6.07) is 10.9. The molecule has 1 aliphatic rings. The smallest absolute Gasteiger partial charge is 0.119 e. The van der Waals surface area contributed by atoms with Crippen LogP contribution in [0.15, 0.2) is 30.3 Å². The molecule has 1 aromatic rings. The van der Waals surface area contributed by atoms with E-state index in [1.807, 2.05) is 30.3 Å². The summed E-state index contributed by atoms with van der Waals surface area (Å²) >= 11 is 0. The Bertz CT molecular complexity index is 378. The van der Waals surface area contributed by atoms with E-state index in [0.717, 1.165) is 31.4 Å². The van der Waals surface area contributed by atoms with Crippen LogP contribution in [0.25, 0.3) is 0 Å². The fourth-order valence-electron chi connectivity index (χ4n) is 3.28. The molecule has 0 radical (unpaired) electrons. The minimum Gasteiger partial charge on any atom is -0.494 e. The second kappa shape index (κ2) is 7.68. The highest BCUT2D eigenvalue weighted by Crippen LogP contribution is 2.41. The van der Waals surface area contributed by atoms with Crippen molar-refractivity contribution < 1.29 is 4.74 Å². The van der Waals surface area contributed by atoms with E-state index in [0.29, 0.717) is 5.41 Å². The van der Waals surface area contributed by atoms with Gasteiger partial charge in [-0.15, -0.1) is 0 Å².